The molecule has 1 amide bonds. The number of thiocarbonyl (C=S) groups is 1. The number of esters is 1. The van der Waals surface area contributed by atoms with Crippen molar-refractivity contribution in [2.75, 3.05) is 48.0 Å². The summed E-state index contributed by atoms with van der Waals surface area (Å²) in [6.07, 6.45) is 2.52. The summed E-state index contributed by atoms with van der Waals surface area (Å²) < 4.78 is 16.2. The third kappa shape index (κ3) is 6.73. The van der Waals surface area contributed by atoms with Crippen molar-refractivity contribution >= 4 is 46.3 Å². The minimum Gasteiger partial charge on any atom is -0.493 e. The quantitative estimate of drug-likeness (QED) is 0.314. The summed E-state index contributed by atoms with van der Waals surface area (Å²) in [5.74, 6) is 0.785. The summed E-state index contributed by atoms with van der Waals surface area (Å²) in [7, 11) is 6.96. The number of amides is 1. The predicted molar refractivity (Wildman–Crippen MR) is 118 cm³/mol. The highest BCUT2D eigenvalue weighted by Gasteiger charge is 2.31. The van der Waals surface area contributed by atoms with Gasteiger partial charge in [0.25, 0.3) is 5.91 Å². The van der Waals surface area contributed by atoms with Crippen molar-refractivity contribution in [2.45, 2.75) is 12.8 Å². The second-order valence-electron chi connectivity index (χ2n) is 6.58. The van der Waals surface area contributed by atoms with E-state index in [9.17, 15) is 9.59 Å². The first-order valence-corrected chi connectivity index (χ1v) is 10.4. The second-order valence-corrected chi connectivity index (χ2v) is 8.25. The van der Waals surface area contributed by atoms with Crippen molar-refractivity contribution in [1.82, 2.24) is 9.80 Å². The molecule has 0 aliphatic carbocycles. The Hall–Kier alpha value is -2.10. The zero-order valence-electron chi connectivity index (χ0n) is 17.1. The maximum Gasteiger partial charge on any atom is 0.305 e. The van der Waals surface area contributed by atoms with Crippen molar-refractivity contribution in [3.05, 3.63) is 28.7 Å². The van der Waals surface area contributed by atoms with Gasteiger partial charge in [-0.3, -0.25) is 14.5 Å². The van der Waals surface area contributed by atoms with E-state index >= 15 is 0 Å². The van der Waals surface area contributed by atoms with Gasteiger partial charge in [0, 0.05) is 19.5 Å². The van der Waals surface area contributed by atoms with Gasteiger partial charge in [-0.15, -0.1) is 0 Å². The first-order valence-electron chi connectivity index (χ1n) is 9.13. The standard InChI is InChI=1S/C20H26N2O5S2/c1-21(2)10-11-27-18(23)6-5-9-22-19(24)17(29-20(22)28)13-14-7-8-15(25-3)16(12-14)26-4/h7-8,12-13H,5-6,9-11H2,1-4H3/b17-13+. The summed E-state index contributed by atoms with van der Waals surface area (Å²) in [6, 6.07) is 5.43. The summed E-state index contributed by atoms with van der Waals surface area (Å²) in [6.45, 7) is 1.43. The van der Waals surface area contributed by atoms with Crippen molar-refractivity contribution in [2.24, 2.45) is 0 Å². The van der Waals surface area contributed by atoms with Crippen LogP contribution in [-0.4, -0.2) is 74.0 Å². The topological polar surface area (TPSA) is 68.3 Å². The fourth-order valence-electron chi connectivity index (χ4n) is 2.58. The highest BCUT2D eigenvalue weighted by molar-refractivity contribution is 8.26. The van der Waals surface area contributed by atoms with Crippen molar-refractivity contribution in [1.29, 1.82) is 0 Å². The van der Waals surface area contributed by atoms with E-state index in [1.165, 1.54) is 16.7 Å². The molecule has 2 rings (SSSR count). The third-order valence-electron chi connectivity index (χ3n) is 4.14. The van der Waals surface area contributed by atoms with Gasteiger partial charge in [-0.2, -0.15) is 0 Å². The molecular formula is C20H26N2O5S2. The van der Waals surface area contributed by atoms with Gasteiger partial charge >= 0.3 is 5.97 Å². The molecule has 1 heterocycles. The van der Waals surface area contributed by atoms with Crippen LogP contribution in [0.4, 0.5) is 0 Å². The van der Waals surface area contributed by atoms with Gasteiger partial charge in [-0.1, -0.05) is 30.0 Å². The molecule has 1 fully saturated rings. The number of benzene rings is 1. The first-order chi connectivity index (χ1) is 13.8. The normalized spacial score (nSPS) is 15.3. The van der Waals surface area contributed by atoms with Gasteiger partial charge < -0.3 is 19.1 Å². The van der Waals surface area contributed by atoms with Crippen LogP contribution in [0.3, 0.4) is 0 Å². The van der Waals surface area contributed by atoms with E-state index < -0.39 is 0 Å². The molecule has 0 spiro atoms. The molecule has 0 radical (unpaired) electrons. The highest BCUT2D eigenvalue weighted by atomic mass is 32.2. The lowest BCUT2D eigenvalue weighted by Gasteiger charge is -2.14. The lowest BCUT2D eigenvalue weighted by Crippen LogP contribution is -2.29. The number of likely N-dealkylation sites (N-methyl/N-ethyl adjacent to an activating group) is 1. The monoisotopic (exact) mass is 438 g/mol. The molecule has 1 aliphatic heterocycles. The molecular weight excluding hydrogens is 412 g/mol. The summed E-state index contributed by atoms with van der Waals surface area (Å²) >= 11 is 6.59. The number of ether oxygens (including phenoxy) is 3. The molecule has 1 aliphatic rings. The molecule has 1 aromatic rings. The van der Waals surface area contributed by atoms with Crippen LogP contribution >= 0.6 is 24.0 Å². The maximum atomic E-state index is 12.7. The van der Waals surface area contributed by atoms with Crippen LogP contribution in [-0.2, 0) is 14.3 Å². The van der Waals surface area contributed by atoms with Crippen LogP contribution in [0.1, 0.15) is 18.4 Å². The number of carbonyl (C=O) groups is 2. The van der Waals surface area contributed by atoms with Crippen LogP contribution in [0.2, 0.25) is 0 Å². The zero-order valence-corrected chi connectivity index (χ0v) is 18.7. The maximum absolute atomic E-state index is 12.7. The highest BCUT2D eigenvalue weighted by Crippen LogP contribution is 2.34. The lowest BCUT2D eigenvalue weighted by molar-refractivity contribution is -0.144. The molecule has 0 aromatic heterocycles. The number of hydrogen-bond acceptors (Lipinski definition) is 8. The summed E-state index contributed by atoms with van der Waals surface area (Å²) in [5.41, 5.74) is 0.813. The Bertz CT molecular complexity index is 795. The molecule has 1 saturated heterocycles. The van der Waals surface area contributed by atoms with Crippen LogP contribution < -0.4 is 9.47 Å². The summed E-state index contributed by atoms with van der Waals surface area (Å²) in [5, 5.41) is 0. The molecule has 0 bridgehead atoms. The fraction of sp³-hybridized carbons (Fsp3) is 0.450. The Kier molecular flexibility index (Phi) is 8.94. The SMILES string of the molecule is COc1ccc(/C=C2/SC(=S)N(CCCC(=O)OCCN(C)C)C2=O)cc1OC. The van der Waals surface area contributed by atoms with Crippen LogP contribution in [0, 0.1) is 0 Å². The molecule has 1 aromatic carbocycles. The van der Waals surface area contributed by atoms with E-state index in [4.69, 9.17) is 26.4 Å². The number of hydrogen-bond donors (Lipinski definition) is 0. The average Bonchev–Trinajstić information content (AvgIpc) is 2.94. The number of nitrogens with zero attached hydrogens (tertiary/aromatic N) is 2. The van der Waals surface area contributed by atoms with Gasteiger partial charge in [0.2, 0.25) is 0 Å². The number of carbonyl (C=O) groups excluding carboxylic acids is 2. The molecule has 0 unspecified atom stereocenters. The zero-order chi connectivity index (χ0) is 21.4. The van der Waals surface area contributed by atoms with E-state index in [0.29, 0.717) is 46.8 Å². The Morgan fingerprint density at radius 3 is 2.62 bits per heavy atom. The summed E-state index contributed by atoms with van der Waals surface area (Å²) in [4.78, 5) is 28.5. The number of methoxy groups -OCH3 is 2. The molecule has 7 nitrogen and oxygen atoms in total. The number of rotatable bonds is 10. The smallest absolute Gasteiger partial charge is 0.305 e. The molecule has 0 saturated carbocycles. The van der Waals surface area contributed by atoms with E-state index in [-0.39, 0.29) is 18.3 Å². The molecule has 9 heteroatoms. The first kappa shape index (κ1) is 23.2. The van der Waals surface area contributed by atoms with Gasteiger partial charge in [0.15, 0.2) is 11.5 Å². The predicted octanol–water partition coefficient (Wildman–Crippen LogP) is 2.79. The van der Waals surface area contributed by atoms with E-state index in [1.807, 2.05) is 25.1 Å². The lowest BCUT2D eigenvalue weighted by atomic mass is 10.2. The molecule has 158 valence electrons. The van der Waals surface area contributed by atoms with Gasteiger partial charge in [-0.05, 0) is 44.3 Å². The van der Waals surface area contributed by atoms with Crippen molar-refractivity contribution < 1.29 is 23.8 Å². The van der Waals surface area contributed by atoms with E-state index in [0.717, 1.165) is 5.56 Å². The van der Waals surface area contributed by atoms with Crippen molar-refractivity contribution in [3.8, 4) is 11.5 Å². The van der Waals surface area contributed by atoms with E-state index in [1.54, 1.807) is 32.4 Å². The largest absolute Gasteiger partial charge is 0.493 e. The molecule has 0 atom stereocenters. The van der Waals surface area contributed by atoms with Crippen molar-refractivity contribution in [3.63, 3.8) is 0 Å². The van der Waals surface area contributed by atoms with Crippen LogP contribution in [0.15, 0.2) is 23.1 Å². The second kappa shape index (κ2) is 11.2. The fourth-order valence-corrected chi connectivity index (χ4v) is 3.89. The van der Waals surface area contributed by atoms with Gasteiger partial charge in [0.05, 0.1) is 19.1 Å². The molecule has 0 N–H and O–H groups in total. The van der Waals surface area contributed by atoms with Gasteiger partial charge in [0.1, 0.15) is 10.9 Å². The Morgan fingerprint density at radius 2 is 1.97 bits per heavy atom. The Balaban J connectivity index is 1.92. The Morgan fingerprint density at radius 1 is 1.24 bits per heavy atom. The average molecular weight is 439 g/mol. The van der Waals surface area contributed by atoms with Crippen LogP contribution in [0.25, 0.3) is 6.08 Å². The third-order valence-corrected chi connectivity index (χ3v) is 5.52. The minimum atomic E-state index is -0.266. The van der Waals surface area contributed by atoms with Gasteiger partial charge in [-0.25, -0.2) is 0 Å². The molecule has 29 heavy (non-hydrogen) atoms. The van der Waals surface area contributed by atoms with E-state index in [2.05, 4.69) is 0 Å². The van der Waals surface area contributed by atoms with Crippen LogP contribution in [0.5, 0.6) is 11.5 Å². The number of thioether (sulfide) groups is 1. The Labute approximate surface area is 181 Å². The minimum absolute atomic E-state index is 0.157.